The maximum Gasteiger partial charge on any atom is 0.155 e. The predicted molar refractivity (Wildman–Crippen MR) is 69.8 cm³/mol. The summed E-state index contributed by atoms with van der Waals surface area (Å²) in [5.41, 5.74) is 5.39. The molecular weight excluding hydrogens is 214 g/mol. The quantitative estimate of drug-likeness (QED) is 0.823. The summed E-state index contributed by atoms with van der Waals surface area (Å²) in [6.45, 7) is 12.2. The maximum absolute atomic E-state index is 12.4. The van der Waals surface area contributed by atoms with Crippen molar-refractivity contribution in [2.24, 2.45) is 17.6 Å². The summed E-state index contributed by atoms with van der Waals surface area (Å²) in [7, 11) is 0. The molecule has 100 valence electrons. The standard InChI is InChI=1S/C14H27NO2/c1-9(2)7-11(15)12(16)10-8-13(3,4)17-14(10,5)6/h9-11H,7-8,15H2,1-6H3. The fraction of sp³-hybridized carbons (Fsp3) is 0.929. The highest BCUT2D eigenvalue weighted by atomic mass is 16.5. The Hall–Kier alpha value is -0.410. The Morgan fingerprint density at radius 1 is 1.35 bits per heavy atom. The van der Waals surface area contributed by atoms with Crippen LogP contribution in [0.5, 0.6) is 0 Å². The van der Waals surface area contributed by atoms with Gasteiger partial charge in [0.2, 0.25) is 0 Å². The van der Waals surface area contributed by atoms with E-state index >= 15 is 0 Å². The number of hydrogen-bond acceptors (Lipinski definition) is 3. The van der Waals surface area contributed by atoms with E-state index in [2.05, 4.69) is 13.8 Å². The first kappa shape index (κ1) is 14.7. The van der Waals surface area contributed by atoms with Gasteiger partial charge >= 0.3 is 0 Å². The molecule has 1 aliphatic rings. The van der Waals surface area contributed by atoms with Gasteiger partial charge in [-0.15, -0.1) is 0 Å². The second kappa shape index (κ2) is 4.69. The van der Waals surface area contributed by atoms with Gasteiger partial charge in [-0.3, -0.25) is 4.79 Å². The van der Waals surface area contributed by atoms with Crippen molar-refractivity contribution in [1.82, 2.24) is 0 Å². The Labute approximate surface area is 105 Å². The molecule has 1 saturated heterocycles. The molecule has 1 fully saturated rings. The third-order valence-corrected chi connectivity index (χ3v) is 3.51. The van der Waals surface area contributed by atoms with Gasteiger partial charge in [0.05, 0.1) is 23.2 Å². The topological polar surface area (TPSA) is 52.3 Å². The van der Waals surface area contributed by atoms with Crippen LogP contribution in [0, 0.1) is 11.8 Å². The van der Waals surface area contributed by atoms with Crippen LogP contribution >= 0.6 is 0 Å². The van der Waals surface area contributed by atoms with Crippen LogP contribution in [0.4, 0.5) is 0 Å². The van der Waals surface area contributed by atoms with Crippen LogP contribution < -0.4 is 5.73 Å². The largest absolute Gasteiger partial charge is 0.369 e. The molecule has 0 radical (unpaired) electrons. The van der Waals surface area contributed by atoms with E-state index in [0.717, 1.165) is 12.8 Å². The van der Waals surface area contributed by atoms with Crippen LogP contribution in [0.25, 0.3) is 0 Å². The van der Waals surface area contributed by atoms with E-state index in [4.69, 9.17) is 10.5 Å². The molecule has 0 spiro atoms. The van der Waals surface area contributed by atoms with Crippen molar-refractivity contribution in [3.63, 3.8) is 0 Å². The molecule has 0 aromatic heterocycles. The van der Waals surface area contributed by atoms with Crippen molar-refractivity contribution < 1.29 is 9.53 Å². The van der Waals surface area contributed by atoms with Crippen LogP contribution in [0.3, 0.4) is 0 Å². The molecule has 1 heterocycles. The summed E-state index contributed by atoms with van der Waals surface area (Å²) in [5.74, 6) is 0.535. The first-order valence-electron chi connectivity index (χ1n) is 6.54. The zero-order valence-electron chi connectivity index (χ0n) is 12.0. The molecule has 3 heteroatoms. The zero-order chi connectivity index (χ0) is 13.4. The van der Waals surface area contributed by atoms with Gasteiger partial charge in [0.15, 0.2) is 5.78 Å². The first-order chi connectivity index (χ1) is 7.55. The Balaban J connectivity index is 2.76. The summed E-state index contributed by atoms with van der Waals surface area (Å²) in [6.07, 6.45) is 1.52. The van der Waals surface area contributed by atoms with Crippen molar-refractivity contribution in [1.29, 1.82) is 0 Å². The van der Waals surface area contributed by atoms with Crippen molar-refractivity contribution in [2.45, 2.75) is 71.6 Å². The molecule has 1 rings (SSSR count). The second-order valence-electron chi connectivity index (χ2n) is 6.86. The van der Waals surface area contributed by atoms with Gasteiger partial charge in [-0.25, -0.2) is 0 Å². The number of ether oxygens (including phenoxy) is 1. The third-order valence-electron chi connectivity index (χ3n) is 3.51. The molecular formula is C14H27NO2. The Morgan fingerprint density at radius 3 is 2.24 bits per heavy atom. The maximum atomic E-state index is 12.4. The zero-order valence-corrected chi connectivity index (χ0v) is 12.0. The number of ketones is 1. The van der Waals surface area contributed by atoms with E-state index in [-0.39, 0.29) is 23.3 Å². The van der Waals surface area contributed by atoms with E-state index in [0.29, 0.717) is 5.92 Å². The Kier molecular flexibility index (Phi) is 4.04. The van der Waals surface area contributed by atoms with E-state index in [1.54, 1.807) is 0 Å². The average Bonchev–Trinajstić information content (AvgIpc) is 2.31. The molecule has 2 atom stereocenters. The molecule has 0 saturated carbocycles. The van der Waals surface area contributed by atoms with Gasteiger partial charge in [0.25, 0.3) is 0 Å². The smallest absolute Gasteiger partial charge is 0.155 e. The van der Waals surface area contributed by atoms with Crippen molar-refractivity contribution in [3.8, 4) is 0 Å². The lowest BCUT2D eigenvalue weighted by Gasteiger charge is -2.28. The highest BCUT2D eigenvalue weighted by molar-refractivity contribution is 5.87. The molecule has 0 aromatic carbocycles. The Bertz CT molecular complexity index is 295. The van der Waals surface area contributed by atoms with E-state index in [1.807, 2.05) is 27.7 Å². The predicted octanol–water partition coefficient (Wildman–Crippen LogP) is 2.52. The summed E-state index contributed by atoms with van der Waals surface area (Å²) >= 11 is 0. The van der Waals surface area contributed by atoms with E-state index in [1.165, 1.54) is 0 Å². The van der Waals surface area contributed by atoms with Gasteiger partial charge in [0, 0.05) is 0 Å². The van der Waals surface area contributed by atoms with Crippen molar-refractivity contribution in [2.75, 3.05) is 0 Å². The fourth-order valence-corrected chi connectivity index (χ4v) is 2.89. The molecule has 3 nitrogen and oxygen atoms in total. The van der Waals surface area contributed by atoms with Gasteiger partial charge in [-0.05, 0) is 46.5 Å². The molecule has 0 bridgehead atoms. The van der Waals surface area contributed by atoms with Crippen molar-refractivity contribution >= 4 is 5.78 Å². The molecule has 2 unspecified atom stereocenters. The number of hydrogen-bond donors (Lipinski definition) is 1. The van der Waals surface area contributed by atoms with E-state index in [9.17, 15) is 4.79 Å². The molecule has 17 heavy (non-hydrogen) atoms. The number of carbonyl (C=O) groups excluding carboxylic acids is 1. The molecule has 0 amide bonds. The second-order valence-corrected chi connectivity index (χ2v) is 6.86. The number of rotatable bonds is 4. The lowest BCUT2D eigenvalue weighted by Crippen LogP contribution is -2.43. The number of carbonyl (C=O) groups is 1. The van der Waals surface area contributed by atoms with E-state index < -0.39 is 5.60 Å². The minimum absolute atomic E-state index is 0.0775. The molecule has 1 aliphatic heterocycles. The third kappa shape index (κ3) is 3.52. The number of nitrogens with two attached hydrogens (primary N) is 1. The fourth-order valence-electron chi connectivity index (χ4n) is 2.89. The van der Waals surface area contributed by atoms with Gasteiger partial charge < -0.3 is 10.5 Å². The normalized spacial score (nSPS) is 28.4. The van der Waals surface area contributed by atoms with Crippen LogP contribution in [0.15, 0.2) is 0 Å². The average molecular weight is 241 g/mol. The molecule has 2 N–H and O–H groups in total. The van der Waals surface area contributed by atoms with Gasteiger partial charge in [0.1, 0.15) is 0 Å². The summed E-state index contributed by atoms with van der Waals surface area (Å²) < 4.78 is 5.95. The van der Waals surface area contributed by atoms with Crippen LogP contribution in [0.2, 0.25) is 0 Å². The minimum Gasteiger partial charge on any atom is -0.369 e. The monoisotopic (exact) mass is 241 g/mol. The highest BCUT2D eigenvalue weighted by Crippen LogP contribution is 2.42. The minimum atomic E-state index is -0.394. The lowest BCUT2D eigenvalue weighted by molar-refractivity contribution is -0.131. The SMILES string of the molecule is CC(C)CC(N)C(=O)C1CC(C)(C)OC1(C)C. The first-order valence-corrected chi connectivity index (χ1v) is 6.54. The van der Waals surface area contributed by atoms with Crippen LogP contribution in [-0.2, 0) is 9.53 Å². The lowest BCUT2D eigenvalue weighted by atomic mass is 9.80. The highest BCUT2D eigenvalue weighted by Gasteiger charge is 2.49. The molecule has 0 aliphatic carbocycles. The number of Topliss-reactive ketones (excluding diaryl/α,β-unsaturated/α-hetero) is 1. The molecule has 0 aromatic rings. The van der Waals surface area contributed by atoms with Crippen molar-refractivity contribution in [3.05, 3.63) is 0 Å². The van der Waals surface area contributed by atoms with Crippen LogP contribution in [0.1, 0.15) is 54.4 Å². The van der Waals surface area contributed by atoms with Gasteiger partial charge in [-0.1, -0.05) is 13.8 Å². The summed E-state index contributed by atoms with van der Waals surface area (Å²) in [5, 5.41) is 0. The summed E-state index contributed by atoms with van der Waals surface area (Å²) in [4.78, 5) is 12.4. The summed E-state index contributed by atoms with van der Waals surface area (Å²) in [6, 6.07) is -0.350. The van der Waals surface area contributed by atoms with Gasteiger partial charge in [-0.2, -0.15) is 0 Å². The Morgan fingerprint density at radius 2 is 1.88 bits per heavy atom. The van der Waals surface area contributed by atoms with Crippen LogP contribution in [-0.4, -0.2) is 23.0 Å².